The van der Waals surface area contributed by atoms with E-state index in [-0.39, 0.29) is 0 Å². The molecule has 1 unspecified atom stereocenters. The summed E-state index contributed by atoms with van der Waals surface area (Å²) < 4.78 is 5.57. The lowest BCUT2D eigenvalue weighted by Crippen LogP contribution is -2.61. The van der Waals surface area contributed by atoms with Crippen molar-refractivity contribution >= 4 is 11.8 Å². The van der Waals surface area contributed by atoms with E-state index in [0.29, 0.717) is 23.8 Å². The first-order chi connectivity index (χ1) is 12.8. The van der Waals surface area contributed by atoms with Gasteiger partial charge in [-0.25, -0.2) is 5.48 Å². The fraction of sp³-hybridized carbons (Fsp3) is 0.500. The second-order valence-corrected chi connectivity index (χ2v) is 7.32. The van der Waals surface area contributed by atoms with Crippen LogP contribution >= 0.6 is 0 Å². The van der Waals surface area contributed by atoms with Gasteiger partial charge in [0.05, 0.1) is 0 Å². The van der Waals surface area contributed by atoms with Crippen LogP contribution in [-0.2, 0) is 4.79 Å². The van der Waals surface area contributed by atoms with Gasteiger partial charge < -0.3 is 15.8 Å². The molecule has 5 N–H and O–H groups in total. The third-order valence-electron chi connectivity index (χ3n) is 4.48. The first-order valence-electron chi connectivity index (χ1n) is 9.06. The van der Waals surface area contributed by atoms with Crippen molar-refractivity contribution in [1.82, 2.24) is 10.8 Å². The Morgan fingerprint density at radius 2 is 1.93 bits per heavy atom. The average molecular weight is 373 g/mol. The van der Waals surface area contributed by atoms with Crippen LogP contribution in [0.3, 0.4) is 0 Å². The molecule has 2 rings (SSSR count). The molecular weight excluding hydrogens is 346 g/mol. The number of nitrogens with one attached hydrogen (secondary N) is 2. The molecule has 7 heteroatoms. The molecule has 146 valence electrons. The summed E-state index contributed by atoms with van der Waals surface area (Å²) in [5.74, 6) is 6.11. The molecule has 2 amide bonds. The minimum Gasteiger partial charge on any atom is -0.481 e. The van der Waals surface area contributed by atoms with E-state index < -0.39 is 23.4 Å². The van der Waals surface area contributed by atoms with Gasteiger partial charge in [0.25, 0.3) is 11.8 Å². The smallest absolute Gasteiger partial charge is 0.267 e. The maximum atomic E-state index is 12.3. The SMILES string of the molecule is CC(C)(N)C(NC(=O)c1ccc(OCC#CC2CCCC2)cc1)C(=O)NO. The Balaban J connectivity index is 1.91. The van der Waals surface area contributed by atoms with E-state index in [9.17, 15) is 9.59 Å². The summed E-state index contributed by atoms with van der Waals surface area (Å²) in [4.78, 5) is 24.1. The van der Waals surface area contributed by atoms with Crippen molar-refractivity contribution in [1.29, 1.82) is 0 Å². The highest BCUT2D eigenvalue weighted by Gasteiger charge is 2.33. The standard InChI is InChI=1S/C20H27N3O4/c1-20(2,21)17(19(25)23-26)22-18(24)15-9-11-16(12-10-15)27-13-5-8-14-6-3-4-7-14/h9-12,14,17,26H,3-4,6-7,13,21H2,1-2H3,(H,22,24)(H,23,25). The van der Waals surface area contributed by atoms with Gasteiger partial charge >= 0.3 is 0 Å². The predicted molar refractivity (Wildman–Crippen MR) is 101 cm³/mol. The number of carbonyl (C=O) groups is 2. The van der Waals surface area contributed by atoms with Gasteiger partial charge in [-0.15, -0.1) is 0 Å². The lowest BCUT2D eigenvalue weighted by molar-refractivity contribution is -0.132. The molecule has 1 fully saturated rings. The highest BCUT2D eigenvalue weighted by molar-refractivity contribution is 5.97. The second kappa shape index (κ2) is 9.40. The van der Waals surface area contributed by atoms with Gasteiger partial charge in [0, 0.05) is 17.0 Å². The van der Waals surface area contributed by atoms with E-state index in [1.807, 2.05) is 0 Å². The zero-order valence-electron chi connectivity index (χ0n) is 15.7. The van der Waals surface area contributed by atoms with Gasteiger partial charge in [-0.3, -0.25) is 14.8 Å². The van der Waals surface area contributed by atoms with Gasteiger partial charge in [-0.05, 0) is 51.0 Å². The molecule has 1 aliphatic rings. The van der Waals surface area contributed by atoms with Crippen LogP contribution in [0.1, 0.15) is 49.9 Å². The monoisotopic (exact) mass is 373 g/mol. The van der Waals surface area contributed by atoms with E-state index >= 15 is 0 Å². The minimum absolute atomic E-state index is 0.308. The summed E-state index contributed by atoms with van der Waals surface area (Å²) in [5.41, 5.74) is 6.71. The van der Waals surface area contributed by atoms with E-state index in [1.165, 1.54) is 31.2 Å². The first-order valence-corrected chi connectivity index (χ1v) is 9.06. The van der Waals surface area contributed by atoms with Gasteiger partial charge in [0.15, 0.2) is 0 Å². The molecule has 0 aromatic heterocycles. The fourth-order valence-corrected chi connectivity index (χ4v) is 2.95. The van der Waals surface area contributed by atoms with Crippen molar-refractivity contribution in [2.75, 3.05) is 6.61 Å². The summed E-state index contributed by atoms with van der Waals surface area (Å²) in [5, 5.41) is 11.4. The van der Waals surface area contributed by atoms with Crippen LogP contribution < -0.4 is 21.3 Å². The molecule has 0 aliphatic heterocycles. The Morgan fingerprint density at radius 3 is 2.48 bits per heavy atom. The van der Waals surface area contributed by atoms with Crippen LogP contribution in [0.2, 0.25) is 0 Å². The molecule has 1 aromatic rings. The number of hydroxylamine groups is 1. The molecule has 27 heavy (non-hydrogen) atoms. The van der Waals surface area contributed by atoms with Crippen molar-refractivity contribution in [3.8, 4) is 17.6 Å². The van der Waals surface area contributed by atoms with Crippen molar-refractivity contribution in [3.63, 3.8) is 0 Å². The molecule has 0 heterocycles. The van der Waals surface area contributed by atoms with Gasteiger partial charge in [-0.1, -0.05) is 24.7 Å². The van der Waals surface area contributed by atoms with E-state index in [0.717, 1.165) is 0 Å². The molecule has 0 bridgehead atoms. The van der Waals surface area contributed by atoms with Gasteiger partial charge in [0.2, 0.25) is 0 Å². The van der Waals surface area contributed by atoms with Crippen LogP contribution in [0.4, 0.5) is 0 Å². The van der Waals surface area contributed by atoms with Gasteiger partial charge in [0.1, 0.15) is 18.4 Å². The highest BCUT2D eigenvalue weighted by atomic mass is 16.5. The number of benzene rings is 1. The summed E-state index contributed by atoms with van der Waals surface area (Å²) in [7, 11) is 0. The first kappa shape index (κ1) is 20.7. The third-order valence-corrected chi connectivity index (χ3v) is 4.48. The van der Waals surface area contributed by atoms with Crippen molar-refractivity contribution in [3.05, 3.63) is 29.8 Å². The normalized spacial score (nSPS) is 15.4. The van der Waals surface area contributed by atoms with Crippen molar-refractivity contribution < 1.29 is 19.5 Å². The number of rotatable bonds is 6. The number of amides is 2. The quantitative estimate of drug-likeness (QED) is 0.344. The highest BCUT2D eigenvalue weighted by Crippen LogP contribution is 2.23. The molecule has 1 atom stereocenters. The third kappa shape index (κ3) is 6.27. The fourth-order valence-electron chi connectivity index (χ4n) is 2.95. The molecule has 0 saturated heterocycles. The summed E-state index contributed by atoms with van der Waals surface area (Å²) in [6.45, 7) is 3.47. The lowest BCUT2D eigenvalue weighted by Gasteiger charge is -2.29. The number of hydrogen-bond donors (Lipinski definition) is 4. The van der Waals surface area contributed by atoms with Crippen LogP contribution in [0, 0.1) is 17.8 Å². The van der Waals surface area contributed by atoms with Crippen LogP contribution in [0.15, 0.2) is 24.3 Å². The van der Waals surface area contributed by atoms with Gasteiger partial charge in [-0.2, -0.15) is 0 Å². The molecular formula is C20H27N3O4. The maximum absolute atomic E-state index is 12.3. The Kier molecular flexibility index (Phi) is 7.22. The maximum Gasteiger partial charge on any atom is 0.267 e. The topological polar surface area (TPSA) is 114 Å². The second-order valence-electron chi connectivity index (χ2n) is 7.32. The van der Waals surface area contributed by atoms with Crippen LogP contribution in [-0.4, -0.2) is 35.2 Å². The summed E-state index contributed by atoms with van der Waals surface area (Å²) in [6, 6.07) is 5.43. The summed E-state index contributed by atoms with van der Waals surface area (Å²) >= 11 is 0. The molecule has 1 aliphatic carbocycles. The number of nitrogens with two attached hydrogens (primary N) is 1. The molecule has 0 spiro atoms. The van der Waals surface area contributed by atoms with E-state index in [4.69, 9.17) is 15.7 Å². The van der Waals surface area contributed by atoms with Crippen molar-refractivity contribution in [2.45, 2.75) is 51.1 Å². The molecule has 1 saturated carbocycles. The molecule has 1 aromatic carbocycles. The Morgan fingerprint density at radius 1 is 1.30 bits per heavy atom. The van der Waals surface area contributed by atoms with E-state index in [1.54, 1.807) is 38.1 Å². The Bertz CT molecular complexity index is 707. The van der Waals surface area contributed by atoms with E-state index in [2.05, 4.69) is 17.2 Å². The number of carbonyl (C=O) groups excluding carboxylic acids is 2. The van der Waals surface area contributed by atoms with Crippen LogP contribution in [0.25, 0.3) is 0 Å². The number of ether oxygens (including phenoxy) is 1. The zero-order valence-corrected chi connectivity index (χ0v) is 15.7. The largest absolute Gasteiger partial charge is 0.481 e. The molecule has 7 nitrogen and oxygen atoms in total. The lowest BCUT2D eigenvalue weighted by atomic mass is 9.95. The zero-order chi connectivity index (χ0) is 19.9. The Labute approximate surface area is 159 Å². The predicted octanol–water partition coefficient (Wildman–Crippen LogP) is 1.60. The van der Waals surface area contributed by atoms with Crippen molar-refractivity contribution in [2.24, 2.45) is 11.7 Å². The average Bonchev–Trinajstić information content (AvgIpc) is 3.15. The number of hydrogen-bond acceptors (Lipinski definition) is 5. The van der Waals surface area contributed by atoms with Crippen LogP contribution in [0.5, 0.6) is 5.75 Å². The Hall–Kier alpha value is -2.56. The summed E-state index contributed by atoms with van der Waals surface area (Å²) in [6.07, 6.45) is 4.86. The molecule has 0 radical (unpaired) electrons. The minimum atomic E-state index is -1.09.